The van der Waals surface area contributed by atoms with Gasteiger partial charge in [-0.15, -0.1) is 0 Å². The van der Waals surface area contributed by atoms with Crippen LogP contribution in [0.1, 0.15) is 12.0 Å². The number of aryl methyl sites for hydroxylation is 1. The number of aromatic nitrogens is 3. The molecule has 3 rings (SSSR count). The lowest BCUT2D eigenvalue weighted by molar-refractivity contribution is 0.784. The smallest absolute Gasteiger partial charge is 0.157 e. The van der Waals surface area contributed by atoms with Crippen LogP contribution < -0.4 is 5.32 Å². The molecule has 0 unspecified atom stereocenters. The van der Waals surface area contributed by atoms with Gasteiger partial charge in [0.2, 0.25) is 0 Å². The van der Waals surface area contributed by atoms with E-state index in [0.29, 0.717) is 0 Å². The largest absolute Gasteiger partial charge is 0.370 e. The lowest BCUT2D eigenvalue weighted by Crippen LogP contribution is -2.16. The van der Waals surface area contributed by atoms with Crippen LogP contribution in [0, 0.1) is 0 Å². The predicted octanol–water partition coefficient (Wildman–Crippen LogP) is 1.09. The fourth-order valence-corrected chi connectivity index (χ4v) is 1.76. The number of nitrogens with zero attached hydrogens (tertiary/aromatic N) is 3. The minimum Gasteiger partial charge on any atom is -0.370 e. The van der Waals surface area contributed by atoms with Crippen LogP contribution in [0.4, 0.5) is 5.82 Å². The number of hydrogen-bond acceptors (Lipinski definition) is 3. The zero-order valence-electron chi connectivity index (χ0n) is 7.20. The van der Waals surface area contributed by atoms with E-state index in [0.717, 1.165) is 24.4 Å². The third-order valence-electron chi connectivity index (χ3n) is 2.41. The Morgan fingerprint density at radius 1 is 1.46 bits per heavy atom. The monoisotopic (exact) mass is 174 g/mol. The van der Waals surface area contributed by atoms with Gasteiger partial charge in [0.05, 0.1) is 6.20 Å². The first-order valence-electron chi connectivity index (χ1n) is 4.51. The summed E-state index contributed by atoms with van der Waals surface area (Å²) in [4.78, 5) is 4.31. The van der Waals surface area contributed by atoms with E-state index in [4.69, 9.17) is 0 Å². The average molecular weight is 174 g/mol. The molecule has 0 radical (unpaired) electrons. The van der Waals surface area contributed by atoms with Gasteiger partial charge in [0.25, 0.3) is 0 Å². The molecule has 1 N–H and O–H groups in total. The van der Waals surface area contributed by atoms with E-state index in [9.17, 15) is 0 Å². The Labute approximate surface area is 75.6 Å². The molecule has 0 saturated carbocycles. The predicted molar refractivity (Wildman–Crippen MR) is 49.8 cm³/mol. The van der Waals surface area contributed by atoms with Crippen LogP contribution in [0.3, 0.4) is 0 Å². The molecule has 0 saturated heterocycles. The van der Waals surface area contributed by atoms with E-state index in [1.165, 1.54) is 12.0 Å². The molecule has 1 aliphatic heterocycles. The molecule has 4 nitrogen and oxygen atoms in total. The molecular weight excluding hydrogens is 164 g/mol. The van der Waals surface area contributed by atoms with Crippen molar-refractivity contribution in [3.05, 3.63) is 24.0 Å². The molecule has 13 heavy (non-hydrogen) atoms. The van der Waals surface area contributed by atoms with Crippen molar-refractivity contribution in [1.82, 2.24) is 14.6 Å². The van der Waals surface area contributed by atoms with Crippen molar-refractivity contribution in [2.24, 2.45) is 0 Å². The first-order valence-corrected chi connectivity index (χ1v) is 4.51. The molecule has 2 aromatic heterocycles. The van der Waals surface area contributed by atoms with Gasteiger partial charge >= 0.3 is 0 Å². The highest BCUT2D eigenvalue weighted by Gasteiger charge is 2.12. The highest BCUT2D eigenvalue weighted by atomic mass is 15.3. The molecule has 3 heterocycles. The standard InChI is InChI=1S/C9H10N4/c1-2-7-6-11-8-3-5-12-13(8)9(7)10-4-1/h3,5-6,10H,1-2,4H2. The van der Waals surface area contributed by atoms with Gasteiger partial charge in [-0.1, -0.05) is 0 Å². The second kappa shape index (κ2) is 2.45. The highest BCUT2D eigenvalue weighted by Crippen LogP contribution is 2.20. The van der Waals surface area contributed by atoms with Crippen LogP contribution >= 0.6 is 0 Å². The van der Waals surface area contributed by atoms with Crippen molar-refractivity contribution >= 4 is 11.5 Å². The highest BCUT2D eigenvalue weighted by molar-refractivity contribution is 5.53. The van der Waals surface area contributed by atoms with E-state index in [1.54, 1.807) is 6.20 Å². The van der Waals surface area contributed by atoms with Crippen LogP contribution in [-0.4, -0.2) is 21.1 Å². The van der Waals surface area contributed by atoms with Gasteiger partial charge in [-0.25, -0.2) is 4.98 Å². The summed E-state index contributed by atoms with van der Waals surface area (Å²) in [7, 11) is 0. The Hall–Kier alpha value is -1.58. The van der Waals surface area contributed by atoms with Crippen LogP contribution in [-0.2, 0) is 6.42 Å². The van der Waals surface area contributed by atoms with Crippen LogP contribution in [0.15, 0.2) is 18.5 Å². The second-order valence-electron chi connectivity index (χ2n) is 3.26. The Bertz CT molecular complexity index is 446. The Morgan fingerprint density at radius 2 is 2.46 bits per heavy atom. The lowest BCUT2D eigenvalue weighted by atomic mass is 10.1. The number of hydrogen-bond donors (Lipinski definition) is 1. The van der Waals surface area contributed by atoms with Gasteiger partial charge in [-0.05, 0) is 12.8 Å². The second-order valence-corrected chi connectivity index (χ2v) is 3.26. The van der Waals surface area contributed by atoms with Crippen LogP contribution in [0.5, 0.6) is 0 Å². The van der Waals surface area contributed by atoms with Crippen molar-refractivity contribution in [1.29, 1.82) is 0 Å². The number of fused-ring (bicyclic) bond motifs is 3. The molecule has 66 valence electrons. The minimum atomic E-state index is 0.910. The summed E-state index contributed by atoms with van der Waals surface area (Å²) in [5, 5.41) is 7.58. The summed E-state index contributed by atoms with van der Waals surface area (Å²) in [6.07, 6.45) is 6.00. The summed E-state index contributed by atoms with van der Waals surface area (Å²) in [5.74, 6) is 1.11. The first-order chi connectivity index (χ1) is 6.45. The maximum Gasteiger partial charge on any atom is 0.157 e. The van der Waals surface area contributed by atoms with E-state index in [1.807, 2.05) is 16.8 Å². The third-order valence-corrected chi connectivity index (χ3v) is 2.41. The van der Waals surface area contributed by atoms with Crippen molar-refractivity contribution in [3.8, 4) is 0 Å². The number of nitrogens with one attached hydrogen (secondary N) is 1. The zero-order valence-corrected chi connectivity index (χ0v) is 7.20. The molecule has 0 aliphatic carbocycles. The van der Waals surface area contributed by atoms with Gasteiger partial charge < -0.3 is 5.32 Å². The van der Waals surface area contributed by atoms with Gasteiger partial charge in [0, 0.05) is 24.4 Å². The van der Waals surface area contributed by atoms with E-state index < -0.39 is 0 Å². The Morgan fingerprint density at radius 3 is 3.46 bits per heavy atom. The molecule has 0 spiro atoms. The van der Waals surface area contributed by atoms with E-state index >= 15 is 0 Å². The van der Waals surface area contributed by atoms with Gasteiger partial charge in [0.15, 0.2) is 5.65 Å². The van der Waals surface area contributed by atoms with Crippen molar-refractivity contribution in [2.75, 3.05) is 11.9 Å². The fourth-order valence-electron chi connectivity index (χ4n) is 1.76. The molecule has 0 bridgehead atoms. The first kappa shape index (κ1) is 6.88. The molecular formula is C9H10N4. The Balaban J connectivity index is 2.34. The topological polar surface area (TPSA) is 42.2 Å². The van der Waals surface area contributed by atoms with Gasteiger partial charge in [-0.2, -0.15) is 9.61 Å². The van der Waals surface area contributed by atoms with E-state index in [-0.39, 0.29) is 0 Å². The summed E-state index contributed by atoms with van der Waals surface area (Å²) in [5.41, 5.74) is 2.18. The van der Waals surface area contributed by atoms with Gasteiger partial charge in [0.1, 0.15) is 5.82 Å². The molecule has 0 aromatic carbocycles. The summed E-state index contributed by atoms with van der Waals surface area (Å²) in [6, 6.07) is 1.91. The van der Waals surface area contributed by atoms with Crippen molar-refractivity contribution in [2.45, 2.75) is 12.8 Å². The fraction of sp³-hybridized carbons (Fsp3) is 0.333. The molecule has 0 fully saturated rings. The summed E-state index contributed by atoms with van der Waals surface area (Å²) in [6.45, 7) is 1.03. The molecule has 0 atom stereocenters. The molecule has 1 aliphatic rings. The van der Waals surface area contributed by atoms with Crippen LogP contribution in [0.25, 0.3) is 5.65 Å². The minimum absolute atomic E-state index is 0.910. The maximum atomic E-state index is 4.31. The SMILES string of the molecule is c1cc2ncc3c(n2n1)NCCC3. The average Bonchev–Trinajstić information content (AvgIpc) is 2.65. The number of anilines is 1. The zero-order chi connectivity index (χ0) is 8.67. The van der Waals surface area contributed by atoms with Gasteiger partial charge in [-0.3, -0.25) is 0 Å². The van der Waals surface area contributed by atoms with Crippen molar-refractivity contribution < 1.29 is 0 Å². The maximum absolute atomic E-state index is 4.31. The third kappa shape index (κ3) is 0.915. The Kier molecular flexibility index (Phi) is 1.30. The lowest BCUT2D eigenvalue weighted by Gasteiger charge is -2.17. The quantitative estimate of drug-likeness (QED) is 0.650. The summed E-state index contributed by atoms with van der Waals surface area (Å²) < 4.78 is 1.87. The van der Waals surface area contributed by atoms with E-state index in [2.05, 4.69) is 15.4 Å². The van der Waals surface area contributed by atoms with Crippen LogP contribution in [0.2, 0.25) is 0 Å². The normalized spacial score (nSPS) is 15.4. The molecule has 2 aromatic rings. The summed E-state index contributed by atoms with van der Waals surface area (Å²) >= 11 is 0. The molecule has 4 heteroatoms. The number of rotatable bonds is 0. The molecule has 0 amide bonds. The van der Waals surface area contributed by atoms with Crippen molar-refractivity contribution in [3.63, 3.8) is 0 Å².